The van der Waals surface area contributed by atoms with Crippen LogP contribution in [0.25, 0.3) is 0 Å². The molecule has 126 valence electrons. The highest BCUT2D eigenvalue weighted by Gasteiger charge is 2.29. The standard InChI is InChI=1S/C19H19Cl2NO2/c1-12-14-5-2-4-13(11-23)15(14)8-9-22(12)19(24)10-16-17(20)6-3-7-18(16)21/h2-7,12,23H,8-11H2,1H3/t12-/m0/s1. The van der Waals surface area contributed by atoms with Gasteiger partial charge in [-0.25, -0.2) is 0 Å². The maximum atomic E-state index is 12.8. The average Bonchev–Trinajstić information content (AvgIpc) is 2.58. The van der Waals surface area contributed by atoms with E-state index in [0.717, 1.165) is 23.1 Å². The van der Waals surface area contributed by atoms with Crippen LogP contribution >= 0.6 is 23.2 Å². The molecule has 1 atom stereocenters. The molecule has 1 aliphatic heterocycles. The maximum absolute atomic E-state index is 12.8. The fourth-order valence-electron chi connectivity index (χ4n) is 3.39. The Labute approximate surface area is 151 Å². The van der Waals surface area contributed by atoms with Crippen LogP contribution in [0.5, 0.6) is 0 Å². The Bertz CT molecular complexity index is 756. The van der Waals surface area contributed by atoms with Crippen LogP contribution in [0.4, 0.5) is 0 Å². The Hall–Kier alpha value is -1.55. The summed E-state index contributed by atoms with van der Waals surface area (Å²) in [6.07, 6.45) is 0.941. The maximum Gasteiger partial charge on any atom is 0.227 e. The van der Waals surface area contributed by atoms with Gasteiger partial charge in [0.25, 0.3) is 0 Å². The van der Waals surface area contributed by atoms with Crippen LogP contribution in [-0.4, -0.2) is 22.5 Å². The average molecular weight is 364 g/mol. The first-order valence-electron chi connectivity index (χ1n) is 7.96. The molecule has 0 bridgehead atoms. The highest BCUT2D eigenvalue weighted by molar-refractivity contribution is 6.36. The second-order valence-electron chi connectivity index (χ2n) is 6.03. The molecular weight excluding hydrogens is 345 g/mol. The quantitative estimate of drug-likeness (QED) is 0.888. The monoisotopic (exact) mass is 363 g/mol. The van der Waals surface area contributed by atoms with Crippen LogP contribution in [0.2, 0.25) is 10.0 Å². The summed E-state index contributed by atoms with van der Waals surface area (Å²) in [5.41, 5.74) is 3.88. The van der Waals surface area contributed by atoms with Crippen molar-refractivity contribution >= 4 is 29.1 Å². The number of hydrogen-bond acceptors (Lipinski definition) is 2. The summed E-state index contributed by atoms with van der Waals surface area (Å²) in [5, 5.41) is 10.5. The van der Waals surface area contributed by atoms with Gasteiger partial charge in [0, 0.05) is 16.6 Å². The van der Waals surface area contributed by atoms with E-state index in [1.54, 1.807) is 18.2 Å². The lowest BCUT2D eigenvalue weighted by Gasteiger charge is -2.36. The van der Waals surface area contributed by atoms with Crippen molar-refractivity contribution in [2.24, 2.45) is 0 Å². The minimum Gasteiger partial charge on any atom is -0.392 e. The number of nitrogens with zero attached hydrogens (tertiary/aromatic N) is 1. The molecule has 24 heavy (non-hydrogen) atoms. The Morgan fingerprint density at radius 1 is 1.21 bits per heavy atom. The molecule has 1 amide bonds. The van der Waals surface area contributed by atoms with E-state index in [2.05, 4.69) is 0 Å². The van der Waals surface area contributed by atoms with Crippen LogP contribution in [0.1, 0.15) is 35.2 Å². The van der Waals surface area contributed by atoms with Crippen molar-refractivity contribution in [3.63, 3.8) is 0 Å². The number of fused-ring (bicyclic) bond motifs is 1. The first kappa shape index (κ1) is 17.3. The van der Waals surface area contributed by atoms with E-state index < -0.39 is 0 Å². The number of halogens is 2. The minimum absolute atomic E-state index is 0.0116. The lowest BCUT2D eigenvalue weighted by Crippen LogP contribution is -2.40. The largest absolute Gasteiger partial charge is 0.392 e. The molecule has 2 aromatic carbocycles. The Balaban J connectivity index is 1.84. The highest BCUT2D eigenvalue weighted by Crippen LogP contribution is 2.33. The van der Waals surface area contributed by atoms with Crippen molar-refractivity contribution in [3.05, 3.63) is 68.7 Å². The number of aliphatic hydroxyl groups excluding tert-OH is 1. The summed E-state index contributed by atoms with van der Waals surface area (Å²) in [6.45, 7) is 2.68. The molecule has 2 aromatic rings. The molecule has 3 nitrogen and oxygen atoms in total. The van der Waals surface area contributed by atoms with Crippen molar-refractivity contribution in [3.8, 4) is 0 Å². The molecule has 1 aliphatic rings. The van der Waals surface area contributed by atoms with Crippen molar-refractivity contribution in [2.75, 3.05) is 6.54 Å². The number of hydrogen-bond donors (Lipinski definition) is 1. The van der Waals surface area contributed by atoms with Gasteiger partial charge in [-0.1, -0.05) is 47.5 Å². The molecule has 0 radical (unpaired) electrons. The van der Waals surface area contributed by atoms with E-state index in [0.29, 0.717) is 22.2 Å². The lowest BCUT2D eigenvalue weighted by atomic mass is 9.89. The van der Waals surface area contributed by atoms with Gasteiger partial charge in [0.2, 0.25) is 5.91 Å². The van der Waals surface area contributed by atoms with Crippen LogP contribution < -0.4 is 0 Å². The molecular formula is C19H19Cl2NO2. The van der Waals surface area contributed by atoms with Crippen molar-refractivity contribution in [1.29, 1.82) is 0 Å². The Morgan fingerprint density at radius 3 is 2.54 bits per heavy atom. The summed E-state index contributed by atoms with van der Waals surface area (Å²) in [6, 6.07) is 11.1. The van der Waals surface area contributed by atoms with Gasteiger partial charge in [-0.15, -0.1) is 0 Å². The zero-order chi connectivity index (χ0) is 17.3. The van der Waals surface area contributed by atoms with Gasteiger partial charge in [0.15, 0.2) is 0 Å². The van der Waals surface area contributed by atoms with E-state index in [4.69, 9.17) is 23.2 Å². The SMILES string of the molecule is C[C@H]1c2cccc(CO)c2CCN1C(=O)Cc1c(Cl)cccc1Cl. The van der Waals surface area contributed by atoms with Gasteiger partial charge in [0.05, 0.1) is 19.1 Å². The van der Waals surface area contributed by atoms with Crippen molar-refractivity contribution in [1.82, 2.24) is 4.90 Å². The third-order valence-electron chi connectivity index (χ3n) is 4.71. The third-order valence-corrected chi connectivity index (χ3v) is 5.42. The van der Waals surface area contributed by atoms with E-state index >= 15 is 0 Å². The number of aliphatic hydroxyl groups is 1. The summed E-state index contributed by atoms with van der Waals surface area (Å²) < 4.78 is 0. The van der Waals surface area contributed by atoms with Crippen LogP contribution in [0.3, 0.4) is 0 Å². The fourth-order valence-corrected chi connectivity index (χ4v) is 3.92. The Kier molecular flexibility index (Phi) is 5.14. The summed E-state index contributed by atoms with van der Waals surface area (Å²) in [4.78, 5) is 14.7. The van der Waals surface area contributed by atoms with Crippen molar-refractivity contribution < 1.29 is 9.90 Å². The zero-order valence-electron chi connectivity index (χ0n) is 13.4. The molecule has 0 fully saturated rings. The smallest absolute Gasteiger partial charge is 0.227 e. The van der Waals surface area contributed by atoms with E-state index in [1.807, 2.05) is 30.0 Å². The number of amides is 1. The molecule has 1 heterocycles. The molecule has 5 heteroatoms. The number of carbonyl (C=O) groups is 1. The van der Waals surface area contributed by atoms with Crippen LogP contribution in [-0.2, 0) is 24.2 Å². The molecule has 3 rings (SSSR count). The van der Waals surface area contributed by atoms with E-state index in [9.17, 15) is 9.90 Å². The lowest BCUT2D eigenvalue weighted by molar-refractivity contribution is -0.133. The minimum atomic E-state index is -0.0333. The predicted molar refractivity (Wildman–Crippen MR) is 96.4 cm³/mol. The van der Waals surface area contributed by atoms with Crippen LogP contribution in [0, 0.1) is 0 Å². The van der Waals surface area contributed by atoms with Gasteiger partial charge in [-0.3, -0.25) is 4.79 Å². The van der Waals surface area contributed by atoms with E-state index in [1.165, 1.54) is 0 Å². The second-order valence-corrected chi connectivity index (χ2v) is 6.85. The molecule has 0 aliphatic carbocycles. The van der Waals surface area contributed by atoms with Gasteiger partial charge >= 0.3 is 0 Å². The van der Waals surface area contributed by atoms with E-state index in [-0.39, 0.29) is 25.0 Å². The molecule has 0 saturated carbocycles. The fraction of sp³-hybridized carbons (Fsp3) is 0.316. The highest BCUT2D eigenvalue weighted by atomic mass is 35.5. The zero-order valence-corrected chi connectivity index (χ0v) is 14.9. The summed E-state index contributed by atoms with van der Waals surface area (Å²) in [7, 11) is 0. The molecule has 1 N–H and O–H groups in total. The van der Waals surface area contributed by atoms with Gasteiger partial charge in [-0.05, 0) is 47.7 Å². The Morgan fingerprint density at radius 2 is 1.88 bits per heavy atom. The third kappa shape index (κ3) is 3.16. The van der Waals surface area contributed by atoms with Crippen LogP contribution in [0.15, 0.2) is 36.4 Å². The second kappa shape index (κ2) is 7.14. The van der Waals surface area contributed by atoms with Crippen molar-refractivity contribution in [2.45, 2.75) is 32.4 Å². The molecule has 0 saturated heterocycles. The molecule has 0 aromatic heterocycles. The predicted octanol–water partition coefficient (Wildman–Crippen LogP) is 4.17. The van der Waals surface area contributed by atoms with Gasteiger partial charge < -0.3 is 10.0 Å². The first-order chi connectivity index (χ1) is 11.5. The summed E-state index contributed by atoms with van der Waals surface area (Å²) >= 11 is 12.4. The van der Waals surface area contributed by atoms with Gasteiger partial charge in [0.1, 0.15) is 0 Å². The molecule has 0 spiro atoms. The molecule has 0 unspecified atom stereocenters. The topological polar surface area (TPSA) is 40.5 Å². The first-order valence-corrected chi connectivity index (χ1v) is 8.72. The number of carbonyl (C=O) groups excluding carboxylic acids is 1. The summed E-state index contributed by atoms with van der Waals surface area (Å²) in [5.74, 6) is 0.0116. The normalized spacial score (nSPS) is 16.8. The number of rotatable bonds is 3. The van der Waals surface area contributed by atoms with Gasteiger partial charge in [-0.2, -0.15) is 0 Å². The number of benzene rings is 2.